The SMILES string of the molecule is CC(=O)N[C@@H]1[C@@H](O)[C@H](O[C@@H]2O[C@H](CO)[C@@H](O[C@@H]3O[C@H](CO[C@@H]4O[C@H](CO[C@@H]5O[C@H](CO)[C@@H](O)[C@H](O)[C@@H]5O)[C@@H](O)[C@H](O)[C@@H]4O)[C@@H](O)[C@H](O[C@@H]4O[C@H](CO[C@@H]5O[C@H](CO)[C@@H](O)[C@H](O)[C@@H]5O)[C@@H](O)[C@H](O)[C@@H]4O)[C@@H]3O)[C@H](O)[C@H]2NC(C)=O)[C@@H](CO[C@H]2O[C@@H](C)[C@@H](O)[C@@H](O)[C@@H]2O)O[C@@H]1O. The third-order valence-corrected chi connectivity index (χ3v) is 17.3. The standard InChI is InChI=1S/C52H88N2O40/c1-11-23(60)31(68)36(73)47(84-11)83-10-20-43(29(66)21(45(79)85-20)53-12(2)58)92-46-22(54-13(3)59)30(67)42(16(6-57)88-46)93-52-41(78)44(94-51-40(77)35(72)27(64)18(90-51)8-81-49-38(75)33(70)25(62)15(5-56)87-49)28(65)19(91-52)9-82-50-39(76)34(71)26(63)17(89-50)7-80-48-37(74)32(69)24(61)14(4-55)86-48/h11,14-52,55-57,60-79H,4-10H2,1-3H3,(H,53,58)(H,54,59)/t11-,14+,15+,16+,17+,18+,19+,20+,21+,22+,23+,24+,25+,26+,27+,28+,29+,30+,31+,32-,33-,34-,35-,36-,37-,38-,39-,40-,41-,42+,43+,44-,45-,46-,47-,48+,49+,50+,51-,52-/m0/s1. The molecule has 0 unspecified atom stereocenters. The highest BCUT2D eigenvalue weighted by Crippen LogP contribution is 2.37. The lowest BCUT2D eigenvalue weighted by Gasteiger charge is -2.50. The molecule has 8 rings (SSSR count). The molecule has 0 spiro atoms. The summed E-state index contributed by atoms with van der Waals surface area (Å²) in [7, 11) is 0. The van der Waals surface area contributed by atoms with Gasteiger partial charge in [0, 0.05) is 13.8 Å². The lowest BCUT2D eigenvalue weighted by molar-refractivity contribution is -0.386. The number of ether oxygens (including phenoxy) is 15. The summed E-state index contributed by atoms with van der Waals surface area (Å²) >= 11 is 0. The molecular formula is C52H88N2O40. The van der Waals surface area contributed by atoms with Crippen LogP contribution in [0.4, 0.5) is 0 Å². The second-order valence-electron chi connectivity index (χ2n) is 24.0. The lowest BCUT2D eigenvalue weighted by atomic mass is 9.94. The van der Waals surface area contributed by atoms with Crippen LogP contribution in [0.25, 0.3) is 0 Å². The van der Waals surface area contributed by atoms with Crippen molar-refractivity contribution in [3.8, 4) is 0 Å². The second kappa shape index (κ2) is 33.3. The fourth-order valence-electron chi connectivity index (χ4n) is 11.8. The van der Waals surface area contributed by atoms with Gasteiger partial charge in [-0.3, -0.25) is 9.59 Å². The fourth-order valence-corrected chi connectivity index (χ4v) is 11.8. The molecule has 94 heavy (non-hydrogen) atoms. The number of aliphatic hydroxyl groups excluding tert-OH is 23. The van der Waals surface area contributed by atoms with Crippen molar-refractivity contribution >= 4 is 11.8 Å². The summed E-state index contributed by atoms with van der Waals surface area (Å²) in [6.45, 7) is -3.14. The van der Waals surface area contributed by atoms with Crippen molar-refractivity contribution in [3.05, 3.63) is 0 Å². The molecule has 8 saturated heterocycles. The van der Waals surface area contributed by atoms with E-state index in [9.17, 15) is 127 Å². The number of nitrogens with one attached hydrogen (secondary N) is 2. The smallest absolute Gasteiger partial charge is 0.217 e. The molecule has 0 aromatic rings. The molecule has 0 saturated carbocycles. The summed E-state index contributed by atoms with van der Waals surface area (Å²) in [4.78, 5) is 25.2. The maximum Gasteiger partial charge on any atom is 0.217 e. The average Bonchev–Trinajstić information content (AvgIpc) is 0.831. The summed E-state index contributed by atoms with van der Waals surface area (Å²) < 4.78 is 85.9. The van der Waals surface area contributed by atoms with Crippen molar-refractivity contribution in [2.24, 2.45) is 0 Å². The lowest BCUT2D eigenvalue weighted by Crippen LogP contribution is -2.70. The van der Waals surface area contributed by atoms with E-state index in [1.807, 2.05) is 0 Å². The van der Waals surface area contributed by atoms with E-state index in [4.69, 9.17) is 71.1 Å². The first-order valence-corrected chi connectivity index (χ1v) is 30.0. The van der Waals surface area contributed by atoms with Crippen LogP contribution in [0.3, 0.4) is 0 Å². The monoisotopic (exact) mass is 1380 g/mol. The van der Waals surface area contributed by atoms with Crippen LogP contribution in [0.2, 0.25) is 0 Å². The normalized spacial score (nSPS) is 51.2. The quantitative estimate of drug-likeness (QED) is 0.0452. The Kier molecular flexibility index (Phi) is 27.3. The predicted octanol–water partition coefficient (Wildman–Crippen LogP) is -17.1. The van der Waals surface area contributed by atoms with E-state index in [2.05, 4.69) is 10.6 Å². The summed E-state index contributed by atoms with van der Waals surface area (Å²) in [6, 6.07) is -3.58. The minimum Gasteiger partial charge on any atom is -0.394 e. The van der Waals surface area contributed by atoms with E-state index in [1.165, 1.54) is 6.92 Å². The molecule has 42 nitrogen and oxygen atoms in total. The molecule has 42 heteroatoms. The van der Waals surface area contributed by atoms with E-state index < -0.39 is 304 Å². The van der Waals surface area contributed by atoms with Crippen LogP contribution in [0.15, 0.2) is 0 Å². The van der Waals surface area contributed by atoms with Crippen LogP contribution in [0, 0.1) is 0 Å². The van der Waals surface area contributed by atoms with E-state index in [0.29, 0.717) is 0 Å². The number of hydrogen-bond donors (Lipinski definition) is 25. The zero-order valence-corrected chi connectivity index (χ0v) is 50.3. The van der Waals surface area contributed by atoms with Crippen LogP contribution < -0.4 is 10.6 Å². The highest BCUT2D eigenvalue weighted by molar-refractivity contribution is 5.73. The number of aliphatic hydroxyl groups is 23. The number of hydrogen-bond acceptors (Lipinski definition) is 40. The van der Waals surface area contributed by atoms with Gasteiger partial charge in [0.25, 0.3) is 0 Å². The van der Waals surface area contributed by atoms with E-state index >= 15 is 0 Å². The molecule has 8 heterocycles. The number of rotatable bonds is 23. The summed E-state index contributed by atoms with van der Waals surface area (Å²) in [5.74, 6) is -1.71. The Morgan fingerprint density at radius 1 is 0.298 bits per heavy atom. The Hall–Kier alpha value is -2.58. The van der Waals surface area contributed by atoms with Gasteiger partial charge in [0.1, 0.15) is 189 Å². The second-order valence-corrected chi connectivity index (χ2v) is 24.0. The fraction of sp³-hybridized carbons (Fsp3) is 0.962. The summed E-state index contributed by atoms with van der Waals surface area (Å²) in [5.41, 5.74) is 0. The minimum atomic E-state index is -2.42. The van der Waals surface area contributed by atoms with Crippen LogP contribution >= 0.6 is 0 Å². The van der Waals surface area contributed by atoms with Gasteiger partial charge in [-0.2, -0.15) is 0 Å². The first-order valence-electron chi connectivity index (χ1n) is 30.0. The maximum absolute atomic E-state index is 12.9. The predicted molar refractivity (Wildman–Crippen MR) is 286 cm³/mol. The van der Waals surface area contributed by atoms with Crippen molar-refractivity contribution in [1.29, 1.82) is 0 Å². The molecular weight excluding hydrogens is 1290 g/mol. The van der Waals surface area contributed by atoms with Crippen LogP contribution in [0.5, 0.6) is 0 Å². The highest BCUT2D eigenvalue weighted by atomic mass is 16.8. The molecule has 8 aliphatic rings. The minimum absolute atomic E-state index is 0.789. The molecule has 0 bridgehead atoms. The van der Waals surface area contributed by atoms with Gasteiger partial charge < -0.3 is 199 Å². The summed E-state index contributed by atoms with van der Waals surface area (Å²) in [6.07, 6.45) is -73.7. The molecule has 8 aliphatic heterocycles. The van der Waals surface area contributed by atoms with Gasteiger partial charge in [-0.05, 0) is 6.92 Å². The Balaban J connectivity index is 1.05. The Morgan fingerprint density at radius 3 is 1.05 bits per heavy atom. The van der Waals surface area contributed by atoms with E-state index in [1.54, 1.807) is 0 Å². The van der Waals surface area contributed by atoms with Gasteiger partial charge in [-0.15, -0.1) is 0 Å². The molecule has 0 aromatic carbocycles. The first-order chi connectivity index (χ1) is 44.3. The first kappa shape index (κ1) is 77.2. The van der Waals surface area contributed by atoms with Crippen molar-refractivity contribution in [2.75, 3.05) is 46.2 Å². The van der Waals surface area contributed by atoms with Gasteiger partial charge in [0.15, 0.2) is 50.3 Å². The van der Waals surface area contributed by atoms with E-state index in [-0.39, 0.29) is 0 Å². The van der Waals surface area contributed by atoms with Crippen molar-refractivity contribution in [2.45, 2.75) is 266 Å². The van der Waals surface area contributed by atoms with Gasteiger partial charge in [-0.25, -0.2) is 0 Å². The molecule has 0 radical (unpaired) electrons. The maximum atomic E-state index is 12.9. The van der Waals surface area contributed by atoms with Crippen molar-refractivity contribution in [3.63, 3.8) is 0 Å². The van der Waals surface area contributed by atoms with Crippen LogP contribution in [0.1, 0.15) is 20.8 Å². The van der Waals surface area contributed by atoms with Crippen molar-refractivity contribution < 1.29 is 198 Å². The van der Waals surface area contributed by atoms with Crippen LogP contribution in [-0.2, 0) is 80.6 Å². The average molecular weight is 1380 g/mol. The van der Waals surface area contributed by atoms with Gasteiger partial charge in [0.05, 0.1) is 52.4 Å². The van der Waals surface area contributed by atoms with Gasteiger partial charge in [0.2, 0.25) is 11.8 Å². The molecule has 25 N–H and O–H groups in total. The topological polar surface area (TPSA) is 662 Å². The number of carbonyl (C=O) groups is 2. The zero-order valence-electron chi connectivity index (χ0n) is 50.3. The number of amides is 2. The Bertz CT molecular complexity index is 2370. The number of carbonyl (C=O) groups excluding carboxylic acids is 2. The largest absolute Gasteiger partial charge is 0.394 e. The molecule has 8 fully saturated rings. The zero-order chi connectivity index (χ0) is 69.2. The Labute approximate surface area is 532 Å². The highest BCUT2D eigenvalue weighted by Gasteiger charge is 2.58. The van der Waals surface area contributed by atoms with Gasteiger partial charge in [-0.1, -0.05) is 0 Å². The van der Waals surface area contributed by atoms with Gasteiger partial charge >= 0.3 is 0 Å². The van der Waals surface area contributed by atoms with Crippen LogP contribution in [-0.4, -0.2) is 421 Å². The molecule has 2 amide bonds. The van der Waals surface area contributed by atoms with E-state index in [0.717, 1.165) is 13.8 Å². The van der Waals surface area contributed by atoms with Crippen molar-refractivity contribution in [1.82, 2.24) is 10.6 Å². The summed E-state index contributed by atoms with van der Waals surface area (Å²) in [5, 5.41) is 254. The third-order valence-electron chi connectivity index (χ3n) is 17.3. The molecule has 546 valence electrons. The molecule has 40 atom stereocenters. The molecule has 0 aliphatic carbocycles. The molecule has 0 aromatic heterocycles. The third kappa shape index (κ3) is 16.9. The Morgan fingerprint density at radius 2 is 0.606 bits per heavy atom.